The zero-order valence-electron chi connectivity index (χ0n) is 13.6. The standard InChI is InChI=1S/C15H34N2O4/c1-3-16(4-2)6-5-7-17(8-14(10-18)11-19)9-15(12-20)13-21/h14-15,18-21H,3-13H2,1-2H3. The molecule has 0 fully saturated rings. The SMILES string of the molecule is CCN(CC)CCCN(CC(CO)CO)CC(CO)CO. The Balaban J connectivity index is 4.35. The molecule has 6 nitrogen and oxygen atoms in total. The van der Waals surface area contributed by atoms with Gasteiger partial charge in [0.1, 0.15) is 0 Å². The Kier molecular flexibility index (Phi) is 13.3. The van der Waals surface area contributed by atoms with Crippen molar-refractivity contribution in [3.8, 4) is 0 Å². The fourth-order valence-electron chi connectivity index (χ4n) is 2.39. The van der Waals surface area contributed by atoms with Crippen molar-refractivity contribution in [1.29, 1.82) is 0 Å². The molecule has 128 valence electrons. The summed E-state index contributed by atoms with van der Waals surface area (Å²) in [6.07, 6.45) is 0.995. The molecule has 0 aromatic carbocycles. The van der Waals surface area contributed by atoms with Gasteiger partial charge >= 0.3 is 0 Å². The molecular weight excluding hydrogens is 272 g/mol. The van der Waals surface area contributed by atoms with Gasteiger partial charge in [0.05, 0.1) is 0 Å². The highest BCUT2D eigenvalue weighted by molar-refractivity contribution is 4.70. The van der Waals surface area contributed by atoms with Crippen LogP contribution in [-0.4, -0.2) is 95.9 Å². The molecule has 0 amide bonds. The lowest BCUT2D eigenvalue weighted by molar-refractivity contribution is 0.0735. The highest BCUT2D eigenvalue weighted by atomic mass is 16.3. The summed E-state index contributed by atoms with van der Waals surface area (Å²) < 4.78 is 0. The topological polar surface area (TPSA) is 87.4 Å². The van der Waals surface area contributed by atoms with E-state index in [1.807, 2.05) is 0 Å². The van der Waals surface area contributed by atoms with Crippen molar-refractivity contribution in [2.45, 2.75) is 20.3 Å². The van der Waals surface area contributed by atoms with Gasteiger partial charge in [-0.05, 0) is 32.6 Å². The molecule has 0 heterocycles. The number of aliphatic hydroxyl groups excluding tert-OH is 4. The maximum absolute atomic E-state index is 9.22. The molecule has 0 unspecified atom stereocenters. The summed E-state index contributed by atoms with van der Waals surface area (Å²) in [5.74, 6) is -0.340. The van der Waals surface area contributed by atoms with Crippen LogP contribution in [-0.2, 0) is 0 Å². The third kappa shape index (κ3) is 9.39. The van der Waals surface area contributed by atoms with Crippen LogP contribution in [0.4, 0.5) is 0 Å². The molecule has 0 aliphatic rings. The summed E-state index contributed by atoms with van der Waals surface area (Å²) in [6.45, 7) is 9.16. The average molecular weight is 306 g/mol. The molecule has 0 aromatic heterocycles. The quantitative estimate of drug-likeness (QED) is 0.337. The Morgan fingerprint density at radius 1 is 0.667 bits per heavy atom. The Labute approximate surface area is 129 Å². The van der Waals surface area contributed by atoms with E-state index >= 15 is 0 Å². The molecule has 0 radical (unpaired) electrons. The largest absolute Gasteiger partial charge is 0.396 e. The molecule has 0 atom stereocenters. The van der Waals surface area contributed by atoms with Crippen molar-refractivity contribution >= 4 is 0 Å². The van der Waals surface area contributed by atoms with Crippen LogP contribution >= 0.6 is 0 Å². The molecule has 0 bridgehead atoms. The number of hydrogen-bond donors (Lipinski definition) is 4. The van der Waals surface area contributed by atoms with Crippen LogP contribution in [0.1, 0.15) is 20.3 Å². The summed E-state index contributed by atoms with van der Waals surface area (Å²) in [6, 6.07) is 0. The summed E-state index contributed by atoms with van der Waals surface area (Å²) in [5.41, 5.74) is 0. The van der Waals surface area contributed by atoms with Crippen molar-refractivity contribution in [2.75, 3.05) is 65.7 Å². The molecule has 0 rings (SSSR count). The second-order valence-corrected chi connectivity index (χ2v) is 5.60. The molecule has 4 N–H and O–H groups in total. The summed E-state index contributed by atoms with van der Waals surface area (Å²) in [7, 11) is 0. The van der Waals surface area contributed by atoms with Gasteiger partial charge in [0.2, 0.25) is 0 Å². The van der Waals surface area contributed by atoms with Gasteiger partial charge < -0.3 is 30.2 Å². The summed E-state index contributed by atoms with van der Waals surface area (Å²) >= 11 is 0. The number of rotatable bonds is 14. The first kappa shape index (κ1) is 20.8. The first-order valence-corrected chi connectivity index (χ1v) is 8.03. The van der Waals surface area contributed by atoms with Gasteiger partial charge in [0.25, 0.3) is 0 Å². The monoisotopic (exact) mass is 306 g/mol. The zero-order valence-corrected chi connectivity index (χ0v) is 13.6. The normalized spacial score (nSPS) is 12.3. The van der Waals surface area contributed by atoms with E-state index in [9.17, 15) is 20.4 Å². The van der Waals surface area contributed by atoms with E-state index in [-0.39, 0.29) is 38.3 Å². The van der Waals surface area contributed by atoms with Crippen molar-refractivity contribution in [3.05, 3.63) is 0 Å². The molecule has 21 heavy (non-hydrogen) atoms. The van der Waals surface area contributed by atoms with Crippen molar-refractivity contribution in [3.63, 3.8) is 0 Å². The van der Waals surface area contributed by atoms with E-state index in [1.54, 1.807) is 0 Å². The van der Waals surface area contributed by atoms with Crippen molar-refractivity contribution in [1.82, 2.24) is 9.80 Å². The van der Waals surface area contributed by atoms with Gasteiger partial charge in [-0.15, -0.1) is 0 Å². The first-order chi connectivity index (χ1) is 10.1. The highest BCUT2D eigenvalue weighted by Crippen LogP contribution is 2.06. The fourth-order valence-corrected chi connectivity index (χ4v) is 2.39. The van der Waals surface area contributed by atoms with Gasteiger partial charge in [-0.3, -0.25) is 0 Å². The number of aliphatic hydroxyl groups is 4. The predicted octanol–water partition coefficient (Wildman–Crippen LogP) is -0.778. The van der Waals surface area contributed by atoms with Gasteiger partial charge in [-0.1, -0.05) is 13.8 Å². The van der Waals surface area contributed by atoms with Crippen LogP contribution in [0.25, 0.3) is 0 Å². The Morgan fingerprint density at radius 2 is 1.05 bits per heavy atom. The molecule has 0 spiro atoms. The minimum absolute atomic E-state index is 0.0496. The van der Waals surface area contributed by atoms with E-state index in [0.29, 0.717) is 13.1 Å². The van der Waals surface area contributed by atoms with Crippen LogP contribution in [0.15, 0.2) is 0 Å². The predicted molar refractivity (Wildman–Crippen MR) is 84.2 cm³/mol. The number of nitrogens with zero attached hydrogens (tertiary/aromatic N) is 2. The van der Waals surface area contributed by atoms with Crippen LogP contribution in [0, 0.1) is 11.8 Å². The maximum atomic E-state index is 9.22. The molecule has 0 aliphatic heterocycles. The summed E-state index contributed by atoms with van der Waals surface area (Å²) in [5, 5.41) is 36.9. The maximum Gasteiger partial charge on any atom is 0.0493 e. The van der Waals surface area contributed by atoms with E-state index in [4.69, 9.17) is 0 Å². The van der Waals surface area contributed by atoms with E-state index in [2.05, 4.69) is 23.6 Å². The first-order valence-electron chi connectivity index (χ1n) is 8.03. The highest BCUT2D eigenvalue weighted by Gasteiger charge is 2.17. The Morgan fingerprint density at radius 3 is 1.38 bits per heavy atom. The third-order valence-electron chi connectivity index (χ3n) is 3.91. The lowest BCUT2D eigenvalue weighted by Crippen LogP contribution is -2.39. The second kappa shape index (κ2) is 13.4. The zero-order chi connectivity index (χ0) is 16.1. The van der Waals surface area contributed by atoms with Crippen molar-refractivity contribution in [2.24, 2.45) is 11.8 Å². The van der Waals surface area contributed by atoms with Gasteiger partial charge in [-0.25, -0.2) is 0 Å². The molecule has 0 saturated carbocycles. The third-order valence-corrected chi connectivity index (χ3v) is 3.91. The van der Waals surface area contributed by atoms with E-state index < -0.39 is 0 Å². The molecule has 0 aromatic rings. The van der Waals surface area contributed by atoms with Crippen molar-refractivity contribution < 1.29 is 20.4 Å². The second-order valence-electron chi connectivity index (χ2n) is 5.60. The van der Waals surface area contributed by atoms with Crippen LogP contribution in [0.2, 0.25) is 0 Å². The average Bonchev–Trinajstić information content (AvgIpc) is 2.53. The Bertz CT molecular complexity index is 206. The molecule has 0 aliphatic carbocycles. The fraction of sp³-hybridized carbons (Fsp3) is 1.00. The lowest BCUT2D eigenvalue weighted by atomic mass is 10.1. The van der Waals surface area contributed by atoms with Gasteiger partial charge in [-0.2, -0.15) is 0 Å². The lowest BCUT2D eigenvalue weighted by Gasteiger charge is -2.29. The smallest absolute Gasteiger partial charge is 0.0493 e. The van der Waals surface area contributed by atoms with Gasteiger partial charge in [0, 0.05) is 51.4 Å². The van der Waals surface area contributed by atoms with E-state index in [0.717, 1.165) is 32.6 Å². The van der Waals surface area contributed by atoms with Gasteiger partial charge in [0.15, 0.2) is 0 Å². The molecular formula is C15H34N2O4. The van der Waals surface area contributed by atoms with Crippen LogP contribution < -0.4 is 0 Å². The summed E-state index contributed by atoms with van der Waals surface area (Å²) in [4.78, 5) is 4.47. The van der Waals surface area contributed by atoms with Crippen LogP contribution in [0.5, 0.6) is 0 Å². The Hall–Kier alpha value is -0.240. The minimum atomic E-state index is -0.170. The minimum Gasteiger partial charge on any atom is -0.396 e. The molecule has 0 saturated heterocycles. The molecule has 6 heteroatoms. The number of hydrogen-bond acceptors (Lipinski definition) is 6. The van der Waals surface area contributed by atoms with Crippen LogP contribution in [0.3, 0.4) is 0 Å². The van der Waals surface area contributed by atoms with E-state index in [1.165, 1.54) is 0 Å².